The van der Waals surface area contributed by atoms with Crippen molar-refractivity contribution >= 4 is 5.97 Å². The van der Waals surface area contributed by atoms with Gasteiger partial charge in [0, 0.05) is 11.6 Å². The highest BCUT2D eigenvalue weighted by molar-refractivity contribution is 5.85. The highest BCUT2D eigenvalue weighted by Crippen LogP contribution is 1.93. The molecule has 0 aromatic heterocycles. The molecule has 0 aliphatic carbocycles. The Kier molecular flexibility index (Phi) is 22.2. The number of allylic oxidation sites excluding steroid dienone is 3. The lowest BCUT2D eigenvalue weighted by atomic mass is 10.2. The molecule has 0 aliphatic rings. The highest BCUT2D eigenvalue weighted by atomic mass is 16.4. The first-order chi connectivity index (χ1) is 7.01. The first kappa shape index (κ1) is 18.7. The van der Waals surface area contributed by atoms with E-state index in [1.807, 2.05) is 0 Å². The van der Waals surface area contributed by atoms with Gasteiger partial charge in [0.1, 0.15) is 0 Å². The average molecular weight is 207 g/mol. The SMILES string of the molecule is C=C(CC)C(=O)O.C=CC#N.C=CC=C. The third-order valence-electron chi connectivity index (χ3n) is 0.987. The van der Waals surface area contributed by atoms with Gasteiger partial charge in [0.15, 0.2) is 0 Å². The van der Waals surface area contributed by atoms with Crippen molar-refractivity contribution in [2.45, 2.75) is 13.3 Å². The molecule has 0 aliphatic heterocycles. The second-order valence-electron chi connectivity index (χ2n) is 2.07. The van der Waals surface area contributed by atoms with Crippen LogP contribution < -0.4 is 0 Å². The largest absolute Gasteiger partial charge is 0.478 e. The summed E-state index contributed by atoms with van der Waals surface area (Å²) in [7, 11) is 0. The fourth-order valence-electron chi connectivity index (χ4n) is 0.151. The van der Waals surface area contributed by atoms with Gasteiger partial charge in [0.25, 0.3) is 0 Å². The number of rotatable bonds is 3. The van der Waals surface area contributed by atoms with E-state index in [2.05, 4.69) is 26.3 Å². The van der Waals surface area contributed by atoms with E-state index in [-0.39, 0.29) is 5.57 Å². The van der Waals surface area contributed by atoms with Crippen molar-refractivity contribution in [1.82, 2.24) is 0 Å². The van der Waals surface area contributed by atoms with Crippen LogP contribution in [0.3, 0.4) is 0 Å². The molecule has 15 heavy (non-hydrogen) atoms. The minimum absolute atomic E-state index is 0.264. The van der Waals surface area contributed by atoms with Crippen LogP contribution in [-0.2, 0) is 4.79 Å². The summed E-state index contributed by atoms with van der Waals surface area (Å²) in [5.41, 5.74) is 0.264. The molecule has 0 bridgehead atoms. The number of nitrogens with zero attached hydrogens (tertiary/aromatic N) is 1. The molecule has 1 N–H and O–H groups in total. The minimum atomic E-state index is -0.900. The van der Waals surface area contributed by atoms with Crippen molar-refractivity contribution in [3.8, 4) is 6.07 Å². The summed E-state index contributed by atoms with van der Waals surface area (Å²) in [5.74, 6) is -0.900. The van der Waals surface area contributed by atoms with Crippen molar-refractivity contribution in [3.63, 3.8) is 0 Å². The normalized spacial score (nSPS) is 6.13. The molecule has 0 heterocycles. The molecule has 0 aromatic rings. The summed E-state index contributed by atoms with van der Waals surface area (Å²) in [6, 6.07) is 1.69. The summed E-state index contributed by atoms with van der Waals surface area (Å²) < 4.78 is 0. The lowest BCUT2D eigenvalue weighted by molar-refractivity contribution is -0.132. The number of carbonyl (C=O) groups is 1. The lowest BCUT2D eigenvalue weighted by Crippen LogP contribution is -1.95. The maximum absolute atomic E-state index is 9.83. The molecule has 0 spiro atoms. The van der Waals surface area contributed by atoms with Crippen LogP contribution in [0.15, 0.2) is 50.1 Å². The van der Waals surface area contributed by atoms with Gasteiger partial charge in [-0.2, -0.15) is 5.26 Å². The Labute approximate surface area is 91.4 Å². The Morgan fingerprint density at radius 1 is 1.40 bits per heavy atom. The fraction of sp³-hybridized carbons (Fsp3) is 0.167. The quantitative estimate of drug-likeness (QED) is 0.439. The second-order valence-corrected chi connectivity index (χ2v) is 2.07. The molecule has 0 atom stereocenters. The molecule has 0 saturated carbocycles. The van der Waals surface area contributed by atoms with E-state index in [1.165, 1.54) is 6.08 Å². The van der Waals surface area contributed by atoms with Gasteiger partial charge in [-0.25, -0.2) is 4.79 Å². The van der Waals surface area contributed by atoms with E-state index in [4.69, 9.17) is 10.4 Å². The van der Waals surface area contributed by atoms with Crippen LogP contribution in [0.5, 0.6) is 0 Å². The first-order valence-electron chi connectivity index (χ1n) is 4.16. The number of nitriles is 1. The lowest BCUT2D eigenvalue weighted by Gasteiger charge is -1.87. The summed E-state index contributed by atoms with van der Waals surface area (Å²) >= 11 is 0. The Bertz CT molecular complexity index is 253. The van der Waals surface area contributed by atoms with Crippen LogP contribution in [0.1, 0.15) is 13.3 Å². The zero-order valence-corrected chi connectivity index (χ0v) is 9.07. The van der Waals surface area contributed by atoms with Crippen LogP contribution in [-0.4, -0.2) is 11.1 Å². The van der Waals surface area contributed by atoms with Crippen molar-refractivity contribution in [2.24, 2.45) is 0 Å². The summed E-state index contributed by atoms with van der Waals surface area (Å²) in [6.45, 7) is 14.9. The predicted octanol–water partition coefficient (Wildman–Crippen LogP) is 3.09. The van der Waals surface area contributed by atoms with Gasteiger partial charge in [0.2, 0.25) is 0 Å². The smallest absolute Gasteiger partial charge is 0.330 e. The van der Waals surface area contributed by atoms with E-state index in [0.29, 0.717) is 6.42 Å². The first-order valence-corrected chi connectivity index (χ1v) is 4.16. The Hall–Kier alpha value is -2.08. The van der Waals surface area contributed by atoms with Gasteiger partial charge < -0.3 is 5.11 Å². The zero-order chi connectivity index (χ0) is 12.7. The molecule has 0 unspecified atom stereocenters. The minimum Gasteiger partial charge on any atom is -0.478 e. The molecular formula is C12H17NO2. The predicted molar refractivity (Wildman–Crippen MR) is 63.3 cm³/mol. The van der Waals surface area contributed by atoms with E-state index in [9.17, 15) is 4.79 Å². The highest BCUT2D eigenvalue weighted by Gasteiger charge is 1.96. The van der Waals surface area contributed by atoms with E-state index in [0.717, 1.165) is 0 Å². The molecule has 0 fully saturated rings. The van der Waals surface area contributed by atoms with E-state index < -0.39 is 5.97 Å². The van der Waals surface area contributed by atoms with Crippen LogP contribution in [0.25, 0.3) is 0 Å². The molecule has 0 aromatic carbocycles. The van der Waals surface area contributed by atoms with Crippen LogP contribution in [0, 0.1) is 11.3 Å². The third kappa shape index (κ3) is 33.5. The number of hydrogen-bond donors (Lipinski definition) is 1. The van der Waals surface area contributed by atoms with Gasteiger partial charge in [0.05, 0.1) is 6.07 Å². The number of carboxylic acid groups (broad SMARTS) is 1. The number of aliphatic carboxylic acids is 1. The Morgan fingerprint density at radius 3 is 1.73 bits per heavy atom. The topological polar surface area (TPSA) is 61.1 Å². The zero-order valence-electron chi connectivity index (χ0n) is 9.07. The van der Waals surface area contributed by atoms with Gasteiger partial charge >= 0.3 is 5.97 Å². The maximum Gasteiger partial charge on any atom is 0.330 e. The summed E-state index contributed by atoms with van der Waals surface area (Å²) in [4.78, 5) is 9.83. The molecular weight excluding hydrogens is 190 g/mol. The van der Waals surface area contributed by atoms with E-state index >= 15 is 0 Å². The number of carboxylic acids is 1. The third-order valence-corrected chi connectivity index (χ3v) is 0.987. The van der Waals surface area contributed by atoms with Crippen LogP contribution in [0.2, 0.25) is 0 Å². The van der Waals surface area contributed by atoms with Crippen LogP contribution >= 0.6 is 0 Å². The molecule has 0 radical (unpaired) electrons. The summed E-state index contributed by atoms with van der Waals surface area (Å²) in [5, 5.41) is 15.6. The monoisotopic (exact) mass is 207 g/mol. The fourth-order valence-corrected chi connectivity index (χ4v) is 0.151. The van der Waals surface area contributed by atoms with Gasteiger partial charge in [-0.1, -0.05) is 45.4 Å². The molecule has 3 nitrogen and oxygen atoms in total. The molecule has 82 valence electrons. The standard InChI is InChI=1S/C5H8O2.C4H6.C3H3N/c1-3-4(2)5(6)7;1-3-4-2;1-2-3-4/h2-3H2,1H3,(H,6,7);3-4H,1-2H2;2H,1H2. The van der Waals surface area contributed by atoms with Gasteiger partial charge in [-0.15, -0.1) is 0 Å². The average Bonchev–Trinajstić information content (AvgIpc) is 2.28. The molecule has 0 amide bonds. The maximum atomic E-state index is 9.83. The van der Waals surface area contributed by atoms with Gasteiger partial charge in [-0.3, -0.25) is 0 Å². The second kappa shape index (κ2) is 17.9. The number of hydrogen-bond acceptors (Lipinski definition) is 2. The van der Waals surface area contributed by atoms with E-state index in [1.54, 1.807) is 25.1 Å². The summed E-state index contributed by atoms with van der Waals surface area (Å²) in [6.07, 6.45) is 4.98. The Morgan fingerprint density at radius 2 is 1.73 bits per heavy atom. The van der Waals surface area contributed by atoms with Crippen molar-refractivity contribution in [3.05, 3.63) is 50.1 Å². The molecule has 0 rings (SSSR count). The molecule has 0 saturated heterocycles. The van der Waals surface area contributed by atoms with Crippen molar-refractivity contribution in [2.75, 3.05) is 0 Å². The van der Waals surface area contributed by atoms with Crippen molar-refractivity contribution < 1.29 is 9.90 Å². The van der Waals surface area contributed by atoms with Crippen LogP contribution in [0.4, 0.5) is 0 Å². The Balaban J connectivity index is -0.000000155. The van der Waals surface area contributed by atoms with Gasteiger partial charge in [-0.05, 0) is 6.42 Å². The van der Waals surface area contributed by atoms with Crippen molar-refractivity contribution in [1.29, 1.82) is 5.26 Å². The molecule has 3 heteroatoms.